The second-order valence-electron chi connectivity index (χ2n) is 4.16. The maximum Gasteiger partial charge on any atom is 0.120 e. The fourth-order valence-electron chi connectivity index (χ4n) is 2.20. The number of aromatic nitrogens is 1. The average Bonchev–Trinajstić information content (AvgIpc) is 2.73. The Kier molecular flexibility index (Phi) is 1.42. The van der Waals surface area contributed by atoms with Gasteiger partial charge in [-0.05, 0) is 31.1 Å². The number of rotatable bonds is 1. The molecule has 2 heterocycles. The van der Waals surface area contributed by atoms with Crippen molar-refractivity contribution in [2.75, 3.05) is 27.2 Å². The Balaban J connectivity index is 2.14. The zero-order valence-electron chi connectivity index (χ0n) is 15.6. The number of likely N-dealkylation sites (N-methyl/N-ethyl adjacent to an activating group) is 1. The molecule has 1 aromatic carbocycles. The molecule has 0 bridgehead atoms. The summed E-state index contributed by atoms with van der Waals surface area (Å²) in [6, 6.07) is 3.55. The van der Waals surface area contributed by atoms with E-state index >= 15 is 0 Å². The maximum atomic E-state index is 8.31. The Morgan fingerprint density at radius 3 is 3.35 bits per heavy atom. The number of hydrogen-bond acceptors (Lipinski definition) is 2. The molecule has 0 amide bonds. The summed E-state index contributed by atoms with van der Waals surface area (Å²) in [7, 11) is 1.49. The van der Waals surface area contributed by atoms with E-state index in [0.29, 0.717) is 23.4 Å². The van der Waals surface area contributed by atoms with Crippen LogP contribution in [-0.2, 0) is 12.8 Å². The summed E-state index contributed by atoms with van der Waals surface area (Å²) in [4.78, 5) is 4.26. The van der Waals surface area contributed by atoms with Gasteiger partial charge in [0.2, 0.25) is 0 Å². The molecule has 1 aromatic heterocycles. The van der Waals surface area contributed by atoms with Crippen molar-refractivity contribution in [1.82, 2.24) is 9.88 Å². The number of nitrogens with zero attached hydrogens (tertiary/aromatic N) is 1. The largest absolute Gasteiger partial charge is 0.497 e. The van der Waals surface area contributed by atoms with Crippen molar-refractivity contribution < 1.29 is 13.0 Å². The van der Waals surface area contributed by atoms with Crippen molar-refractivity contribution in [2.24, 2.45) is 0 Å². The lowest BCUT2D eigenvalue weighted by Crippen LogP contribution is -2.21. The molecule has 3 heteroatoms. The van der Waals surface area contributed by atoms with Gasteiger partial charge in [0.25, 0.3) is 0 Å². The zero-order chi connectivity index (χ0) is 17.0. The number of H-pyrrole nitrogens is 1. The number of fused-ring (bicyclic) bond motifs is 3. The molecule has 2 aromatic rings. The van der Waals surface area contributed by atoms with E-state index in [9.17, 15) is 0 Å². The fourth-order valence-corrected chi connectivity index (χ4v) is 2.20. The quantitative estimate of drug-likeness (QED) is 0.822. The van der Waals surface area contributed by atoms with Gasteiger partial charge in [-0.25, -0.2) is 0 Å². The molecule has 90 valence electrons. The van der Waals surface area contributed by atoms with Gasteiger partial charge in [-0.1, -0.05) is 0 Å². The molecule has 0 radical (unpaired) electrons. The summed E-state index contributed by atoms with van der Waals surface area (Å²) >= 11 is 0. The van der Waals surface area contributed by atoms with Gasteiger partial charge in [0, 0.05) is 49.0 Å². The molecule has 0 spiro atoms. The molecule has 17 heavy (non-hydrogen) atoms. The lowest BCUT2D eigenvalue weighted by atomic mass is 10.1. The monoisotopic (exact) mass is 236 g/mol. The Hall–Kier alpha value is -1.48. The van der Waals surface area contributed by atoms with E-state index in [-0.39, 0.29) is 19.1 Å². The van der Waals surface area contributed by atoms with Gasteiger partial charge in [-0.3, -0.25) is 0 Å². The van der Waals surface area contributed by atoms with Crippen molar-refractivity contribution in [3.8, 4) is 5.75 Å². The van der Waals surface area contributed by atoms with Crippen LogP contribution in [0.2, 0.25) is 0 Å². The first-order valence-electron chi connectivity index (χ1n) is 8.58. The van der Waals surface area contributed by atoms with E-state index in [2.05, 4.69) is 4.98 Å². The number of nitrogens with one attached hydrogen (secondary N) is 1. The average molecular weight is 236 g/mol. The van der Waals surface area contributed by atoms with Gasteiger partial charge < -0.3 is 14.6 Å². The first kappa shape index (κ1) is 5.91. The number of ether oxygens (including phenoxy) is 1. The van der Waals surface area contributed by atoms with Crippen LogP contribution in [0.4, 0.5) is 0 Å². The third-order valence-electron chi connectivity index (χ3n) is 3.11. The Morgan fingerprint density at radius 2 is 2.53 bits per heavy atom. The molecule has 3 nitrogen and oxygen atoms in total. The smallest absolute Gasteiger partial charge is 0.120 e. The molecular weight excluding hydrogens is 212 g/mol. The topological polar surface area (TPSA) is 28.3 Å². The molecule has 0 aliphatic carbocycles. The molecule has 0 fully saturated rings. The minimum absolute atomic E-state index is 0.200. The lowest BCUT2D eigenvalue weighted by Gasteiger charge is -2.11. The standard InChI is InChI=1S/C14H18N2O/c1-16-7-5-12-11-4-3-10(17-2)9-14(11)15-13(12)6-8-16/h3-4,9,15H,5-8H2,1-2H3/i1D3,3D,6D2. The van der Waals surface area contributed by atoms with Crippen LogP contribution in [-0.4, -0.2) is 37.1 Å². The van der Waals surface area contributed by atoms with Gasteiger partial charge in [0.15, 0.2) is 0 Å². The minimum atomic E-state index is -2.32. The van der Waals surface area contributed by atoms with Gasteiger partial charge in [-0.15, -0.1) is 0 Å². The third kappa shape index (κ3) is 1.80. The maximum absolute atomic E-state index is 8.31. The number of hydrogen-bond donors (Lipinski definition) is 1. The lowest BCUT2D eigenvalue weighted by molar-refractivity contribution is 0.352. The highest BCUT2D eigenvalue weighted by atomic mass is 16.5. The first-order chi connectivity index (χ1) is 10.6. The second-order valence-corrected chi connectivity index (χ2v) is 4.16. The normalized spacial score (nSPS) is 25.7. The van der Waals surface area contributed by atoms with Gasteiger partial charge in [0.1, 0.15) is 5.75 Å². The number of benzene rings is 1. The molecule has 0 saturated heterocycles. The van der Waals surface area contributed by atoms with Crippen LogP contribution in [0.3, 0.4) is 0 Å². The van der Waals surface area contributed by atoms with Crippen LogP contribution in [0.15, 0.2) is 18.2 Å². The fraction of sp³-hybridized carbons (Fsp3) is 0.429. The van der Waals surface area contributed by atoms with E-state index < -0.39 is 13.3 Å². The molecule has 1 aliphatic heterocycles. The number of aromatic amines is 1. The highest BCUT2D eigenvalue weighted by molar-refractivity contribution is 5.86. The summed E-state index contributed by atoms with van der Waals surface area (Å²) in [5.41, 5.74) is 1.84. The van der Waals surface area contributed by atoms with Gasteiger partial charge in [0.05, 0.1) is 8.48 Å². The predicted octanol–water partition coefficient (Wildman–Crippen LogP) is 2.21. The molecule has 1 aliphatic rings. The van der Waals surface area contributed by atoms with E-state index in [1.807, 2.05) is 0 Å². The van der Waals surface area contributed by atoms with Crippen molar-refractivity contribution >= 4 is 10.9 Å². The van der Waals surface area contributed by atoms with Crippen LogP contribution in [0.5, 0.6) is 5.75 Å². The van der Waals surface area contributed by atoms with Crippen molar-refractivity contribution in [3.05, 3.63) is 29.4 Å². The summed E-state index contributed by atoms with van der Waals surface area (Å²) in [6.45, 7) is -2.28. The first-order valence-corrected chi connectivity index (χ1v) is 5.58. The van der Waals surface area contributed by atoms with E-state index in [1.165, 1.54) is 12.0 Å². The highest BCUT2D eigenvalue weighted by Crippen LogP contribution is 2.28. The third-order valence-corrected chi connectivity index (χ3v) is 3.11. The van der Waals surface area contributed by atoms with Crippen LogP contribution >= 0.6 is 0 Å². The SMILES string of the molecule is [2H]c1cc2c3c([nH]c2cc1OC)C([2H])([2H])CN(C([2H])([2H])[2H])CC3. The van der Waals surface area contributed by atoms with Crippen LogP contribution in [0.1, 0.15) is 19.5 Å². The van der Waals surface area contributed by atoms with Crippen LogP contribution in [0.25, 0.3) is 10.9 Å². The van der Waals surface area contributed by atoms with Crippen LogP contribution in [0, 0.1) is 0 Å². The summed E-state index contributed by atoms with van der Waals surface area (Å²) in [5, 5.41) is 0.752. The molecule has 1 N–H and O–H groups in total. The van der Waals surface area contributed by atoms with Crippen molar-refractivity contribution in [3.63, 3.8) is 0 Å². The molecule has 0 saturated carbocycles. The summed E-state index contributed by atoms with van der Waals surface area (Å²) < 4.78 is 52.4. The van der Waals surface area contributed by atoms with E-state index in [1.54, 1.807) is 12.1 Å². The van der Waals surface area contributed by atoms with E-state index in [0.717, 1.165) is 10.9 Å². The second kappa shape index (κ2) is 4.08. The van der Waals surface area contributed by atoms with Gasteiger partial charge >= 0.3 is 0 Å². The minimum Gasteiger partial charge on any atom is -0.497 e. The van der Waals surface area contributed by atoms with Crippen molar-refractivity contribution in [2.45, 2.75) is 12.8 Å². The Morgan fingerprint density at radius 1 is 1.59 bits per heavy atom. The Bertz CT molecular complexity index is 752. The zero-order valence-corrected chi connectivity index (χ0v) is 9.63. The van der Waals surface area contributed by atoms with E-state index in [4.69, 9.17) is 13.0 Å². The van der Waals surface area contributed by atoms with Crippen molar-refractivity contribution in [1.29, 1.82) is 0 Å². The molecule has 3 rings (SSSR count). The summed E-state index contributed by atoms with van der Waals surface area (Å²) in [5.74, 6) is 0.415. The van der Waals surface area contributed by atoms with Gasteiger partial charge in [-0.2, -0.15) is 0 Å². The molecule has 0 atom stereocenters. The number of methoxy groups -OCH3 is 1. The highest BCUT2D eigenvalue weighted by Gasteiger charge is 2.16. The predicted molar refractivity (Wildman–Crippen MR) is 69.8 cm³/mol. The molecular formula is C14H18N2O. The molecule has 0 unspecified atom stereocenters. The summed E-state index contributed by atoms with van der Waals surface area (Å²) in [6.07, 6.45) is -1.40. The van der Waals surface area contributed by atoms with Crippen LogP contribution < -0.4 is 4.74 Å². The Labute approximate surface area is 110 Å².